The normalized spacial score (nSPS) is 15.1. The molecule has 0 saturated carbocycles. The third kappa shape index (κ3) is 2.59. The lowest BCUT2D eigenvalue weighted by Crippen LogP contribution is -2.13. The fraction of sp³-hybridized carbons (Fsp3) is 0. The maximum atomic E-state index is 11.8. The van der Waals surface area contributed by atoms with E-state index in [1.807, 2.05) is 12.1 Å². The van der Waals surface area contributed by atoms with E-state index in [1.54, 1.807) is 24.3 Å². The van der Waals surface area contributed by atoms with Crippen LogP contribution in [0.4, 0.5) is 11.4 Å². The predicted octanol–water partition coefficient (Wildman–Crippen LogP) is 2.37. The van der Waals surface area contributed by atoms with Crippen molar-refractivity contribution in [2.45, 2.75) is 0 Å². The highest BCUT2D eigenvalue weighted by atomic mass is 16.6. The molecule has 2 aromatic carbocycles. The Morgan fingerprint density at radius 1 is 1.09 bits per heavy atom. The van der Waals surface area contributed by atoms with Gasteiger partial charge in [0, 0.05) is 17.7 Å². The number of amides is 1. The number of benzene rings is 2. The Hall–Kier alpha value is -3.35. The van der Waals surface area contributed by atoms with Crippen molar-refractivity contribution in [1.82, 2.24) is 0 Å². The fourth-order valence-electron chi connectivity index (χ4n) is 2.04. The number of carbonyl (C=O) groups excluding carboxylic acids is 1. The minimum Gasteiger partial charge on any atom is -0.320 e. The molecule has 0 saturated heterocycles. The topological polar surface area (TPSA) is 97.0 Å². The highest BCUT2D eigenvalue weighted by molar-refractivity contribution is 6.53. The zero-order chi connectivity index (χ0) is 15.5. The van der Waals surface area contributed by atoms with Gasteiger partial charge in [0.05, 0.1) is 16.8 Å². The third-order valence-electron chi connectivity index (χ3n) is 3.11. The van der Waals surface area contributed by atoms with Gasteiger partial charge >= 0.3 is 0 Å². The zero-order valence-corrected chi connectivity index (χ0v) is 11.3. The first kappa shape index (κ1) is 13.6. The molecular weight excluding hydrogens is 284 g/mol. The van der Waals surface area contributed by atoms with Crippen molar-refractivity contribution >= 4 is 29.2 Å². The number of hydrogen-bond donors (Lipinski definition) is 1. The maximum Gasteiger partial charge on any atom is 0.276 e. The lowest BCUT2D eigenvalue weighted by molar-refractivity contribution is -0.384. The second kappa shape index (κ2) is 5.57. The highest BCUT2D eigenvalue weighted by Gasteiger charge is 2.25. The molecule has 3 rings (SSSR count). The Bertz CT molecular complexity index is 810. The number of nitrogens with one attached hydrogen (secondary N) is 1. The number of nitro benzene ring substituents is 1. The number of anilines is 1. The summed E-state index contributed by atoms with van der Waals surface area (Å²) in [5, 5.41) is 21.1. The SMILES string of the molecule is O=C1Nc2ccccc2/C1=N\N=C/c1ccc([N+](=O)[O-])cc1. The first-order valence-corrected chi connectivity index (χ1v) is 6.41. The lowest BCUT2D eigenvalue weighted by atomic mass is 10.1. The summed E-state index contributed by atoms with van der Waals surface area (Å²) in [5.74, 6) is -0.304. The number of hydrogen-bond acceptors (Lipinski definition) is 5. The van der Waals surface area contributed by atoms with E-state index in [0.717, 1.165) is 0 Å². The monoisotopic (exact) mass is 294 g/mol. The summed E-state index contributed by atoms with van der Waals surface area (Å²) in [6.45, 7) is 0. The van der Waals surface area contributed by atoms with E-state index in [0.29, 0.717) is 16.8 Å². The second-order valence-electron chi connectivity index (χ2n) is 4.54. The minimum absolute atomic E-state index is 0.00700. The van der Waals surface area contributed by atoms with Crippen molar-refractivity contribution in [1.29, 1.82) is 0 Å². The van der Waals surface area contributed by atoms with Crippen LogP contribution < -0.4 is 5.32 Å². The summed E-state index contributed by atoms with van der Waals surface area (Å²) in [5.41, 5.74) is 2.31. The molecule has 0 aliphatic carbocycles. The van der Waals surface area contributed by atoms with Gasteiger partial charge in [0.25, 0.3) is 11.6 Å². The molecule has 1 aliphatic rings. The van der Waals surface area contributed by atoms with E-state index in [2.05, 4.69) is 15.5 Å². The van der Waals surface area contributed by atoms with Gasteiger partial charge in [0.15, 0.2) is 5.71 Å². The molecule has 0 unspecified atom stereocenters. The molecule has 0 aromatic heterocycles. The number of non-ortho nitro benzene ring substituents is 1. The summed E-state index contributed by atoms with van der Waals surface area (Å²) in [6, 6.07) is 13.1. The Morgan fingerprint density at radius 3 is 2.55 bits per heavy atom. The molecule has 1 amide bonds. The number of rotatable bonds is 3. The summed E-state index contributed by atoms with van der Waals surface area (Å²) < 4.78 is 0. The van der Waals surface area contributed by atoms with Gasteiger partial charge in [-0.25, -0.2) is 0 Å². The summed E-state index contributed by atoms with van der Waals surface area (Å²) >= 11 is 0. The first-order valence-electron chi connectivity index (χ1n) is 6.41. The van der Waals surface area contributed by atoms with Crippen LogP contribution in [0, 0.1) is 10.1 Å². The van der Waals surface area contributed by atoms with Crippen molar-refractivity contribution in [3.05, 3.63) is 69.8 Å². The Balaban J connectivity index is 1.82. The van der Waals surface area contributed by atoms with Gasteiger partial charge in [-0.05, 0) is 23.8 Å². The van der Waals surface area contributed by atoms with Crippen LogP contribution in [0.15, 0.2) is 58.7 Å². The van der Waals surface area contributed by atoms with Crippen molar-refractivity contribution in [2.75, 3.05) is 5.32 Å². The smallest absolute Gasteiger partial charge is 0.276 e. The largest absolute Gasteiger partial charge is 0.320 e. The molecule has 1 heterocycles. The van der Waals surface area contributed by atoms with Gasteiger partial charge in [0.1, 0.15) is 0 Å². The van der Waals surface area contributed by atoms with E-state index in [4.69, 9.17) is 0 Å². The van der Waals surface area contributed by atoms with Crippen LogP contribution in [0.3, 0.4) is 0 Å². The highest BCUT2D eigenvalue weighted by Crippen LogP contribution is 2.22. The molecule has 108 valence electrons. The van der Waals surface area contributed by atoms with E-state index < -0.39 is 4.92 Å². The van der Waals surface area contributed by atoms with Crippen LogP contribution in [-0.4, -0.2) is 22.8 Å². The first-order chi connectivity index (χ1) is 10.6. The molecule has 0 spiro atoms. The molecule has 0 bridgehead atoms. The summed E-state index contributed by atoms with van der Waals surface area (Å²) in [7, 11) is 0. The Morgan fingerprint density at radius 2 is 1.82 bits per heavy atom. The Labute approximate surface area is 125 Å². The summed E-state index contributed by atoms with van der Waals surface area (Å²) in [4.78, 5) is 21.9. The van der Waals surface area contributed by atoms with Gasteiger partial charge in [-0.15, -0.1) is 5.10 Å². The number of carbonyl (C=O) groups is 1. The average molecular weight is 294 g/mol. The molecule has 0 fully saturated rings. The molecule has 2 aromatic rings. The standard InChI is InChI=1S/C15H10N4O3/c20-15-14(12-3-1-2-4-13(12)17-15)18-16-9-10-5-7-11(8-6-10)19(21)22/h1-9H,(H,17,18,20)/b16-9-. The molecule has 7 nitrogen and oxygen atoms in total. The third-order valence-corrected chi connectivity index (χ3v) is 3.11. The van der Waals surface area contributed by atoms with Gasteiger partial charge in [0.2, 0.25) is 0 Å². The Kier molecular flexibility index (Phi) is 3.45. The van der Waals surface area contributed by atoms with E-state index in [9.17, 15) is 14.9 Å². The van der Waals surface area contributed by atoms with Crippen molar-refractivity contribution in [3.8, 4) is 0 Å². The zero-order valence-electron chi connectivity index (χ0n) is 11.3. The van der Waals surface area contributed by atoms with Gasteiger partial charge < -0.3 is 5.32 Å². The number of nitro groups is 1. The van der Waals surface area contributed by atoms with Gasteiger partial charge in [-0.3, -0.25) is 14.9 Å². The van der Waals surface area contributed by atoms with E-state index in [1.165, 1.54) is 18.3 Å². The molecule has 7 heteroatoms. The van der Waals surface area contributed by atoms with Crippen molar-refractivity contribution in [3.63, 3.8) is 0 Å². The maximum absolute atomic E-state index is 11.8. The van der Waals surface area contributed by atoms with Crippen molar-refractivity contribution < 1.29 is 9.72 Å². The van der Waals surface area contributed by atoms with Gasteiger partial charge in [-0.1, -0.05) is 18.2 Å². The quantitative estimate of drug-likeness (QED) is 0.534. The van der Waals surface area contributed by atoms with Crippen LogP contribution >= 0.6 is 0 Å². The average Bonchev–Trinajstić information content (AvgIpc) is 2.84. The van der Waals surface area contributed by atoms with Crippen LogP contribution in [0.25, 0.3) is 0 Å². The van der Waals surface area contributed by atoms with Crippen LogP contribution in [0.5, 0.6) is 0 Å². The number of fused-ring (bicyclic) bond motifs is 1. The fourth-order valence-corrected chi connectivity index (χ4v) is 2.04. The second-order valence-corrected chi connectivity index (χ2v) is 4.54. The molecular formula is C15H10N4O3. The van der Waals surface area contributed by atoms with E-state index >= 15 is 0 Å². The lowest BCUT2D eigenvalue weighted by Gasteiger charge is -1.94. The van der Waals surface area contributed by atoms with Gasteiger partial charge in [-0.2, -0.15) is 5.10 Å². The summed E-state index contributed by atoms with van der Waals surface area (Å²) in [6.07, 6.45) is 1.44. The molecule has 1 aliphatic heterocycles. The van der Waals surface area contributed by atoms with Crippen LogP contribution in [0.1, 0.15) is 11.1 Å². The minimum atomic E-state index is -0.471. The van der Waals surface area contributed by atoms with Crippen LogP contribution in [0.2, 0.25) is 0 Å². The van der Waals surface area contributed by atoms with Crippen molar-refractivity contribution in [2.24, 2.45) is 10.2 Å². The van der Waals surface area contributed by atoms with Crippen LogP contribution in [-0.2, 0) is 4.79 Å². The molecule has 0 radical (unpaired) electrons. The molecule has 0 atom stereocenters. The van der Waals surface area contributed by atoms with E-state index in [-0.39, 0.29) is 17.3 Å². The number of nitrogens with zero attached hydrogens (tertiary/aromatic N) is 3. The number of para-hydroxylation sites is 1. The molecule has 1 N–H and O–H groups in total. The molecule has 22 heavy (non-hydrogen) atoms. The predicted molar refractivity (Wildman–Crippen MR) is 82.3 cm³/mol.